The Balaban J connectivity index is 2.25. The average Bonchev–Trinajstić information content (AvgIpc) is 2.54. The van der Waals surface area contributed by atoms with Crippen LogP contribution in [0.25, 0.3) is 11.1 Å². The number of hydrogen-bond acceptors (Lipinski definition) is 2. The molecule has 0 radical (unpaired) electrons. The molecule has 0 aromatic heterocycles. The van der Waals surface area contributed by atoms with Gasteiger partial charge in [0.05, 0.1) is 6.61 Å². The Morgan fingerprint density at radius 3 is 2.35 bits per heavy atom. The first kappa shape index (κ1) is 17.1. The number of unbranched alkanes of at least 4 members (excludes halogenated alkanes) is 1. The van der Waals surface area contributed by atoms with E-state index in [4.69, 9.17) is 4.74 Å². The molecule has 0 N–H and O–H groups in total. The SMILES string of the molecule is CCCCOc1cccc(-c2cccc(C(=O)C(F)(F)F)c2)c1. The molecular formula is C18H17F3O2. The maximum Gasteiger partial charge on any atom is 0.454 e. The number of alkyl halides is 3. The van der Waals surface area contributed by atoms with E-state index in [0.717, 1.165) is 12.8 Å². The van der Waals surface area contributed by atoms with E-state index in [1.165, 1.54) is 18.2 Å². The zero-order valence-corrected chi connectivity index (χ0v) is 12.7. The molecule has 0 aliphatic heterocycles. The summed E-state index contributed by atoms with van der Waals surface area (Å²) in [6.45, 7) is 2.65. The lowest BCUT2D eigenvalue weighted by molar-refractivity contribution is -0.0885. The number of ether oxygens (including phenoxy) is 1. The largest absolute Gasteiger partial charge is 0.494 e. The van der Waals surface area contributed by atoms with E-state index in [-0.39, 0.29) is 5.56 Å². The van der Waals surface area contributed by atoms with Crippen LogP contribution in [0.1, 0.15) is 30.1 Å². The first-order valence-electron chi connectivity index (χ1n) is 7.36. The fourth-order valence-electron chi connectivity index (χ4n) is 2.10. The molecule has 2 aromatic rings. The number of ketones is 1. The molecule has 0 saturated heterocycles. The Morgan fingerprint density at radius 2 is 1.70 bits per heavy atom. The fraction of sp³-hybridized carbons (Fsp3) is 0.278. The van der Waals surface area contributed by atoms with Gasteiger partial charge in [-0.15, -0.1) is 0 Å². The standard InChI is InChI=1S/C18H17F3O2/c1-2-3-10-23-16-9-5-7-14(12-16)13-6-4-8-15(11-13)17(22)18(19,20)21/h4-9,11-12H,2-3,10H2,1H3. The van der Waals surface area contributed by atoms with Crippen LogP contribution in [0.4, 0.5) is 13.2 Å². The van der Waals surface area contributed by atoms with Crippen LogP contribution in [0, 0.1) is 0 Å². The van der Waals surface area contributed by atoms with Crippen molar-refractivity contribution in [3.05, 3.63) is 54.1 Å². The average molecular weight is 322 g/mol. The lowest BCUT2D eigenvalue weighted by Crippen LogP contribution is -2.22. The van der Waals surface area contributed by atoms with Gasteiger partial charge >= 0.3 is 6.18 Å². The van der Waals surface area contributed by atoms with Gasteiger partial charge in [-0.2, -0.15) is 13.2 Å². The lowest BCUT2D eigenvalue weighted by atomic mass is 10.0. The van der Waals surface area contributed by atoms with Crippen LogP contribution in [-0.2, 0) is 0 Å². The quantitative estimate of drug-likeness (QED) is 0.534. The van der Waals surface area contributed by atoms with E-state index in [1.807, 2.05) is 0 Å². The van der Waals surface area contributed by atoms with Crippen molar-refractivity contribution in [3.8, 4) is 16.9 Å². The van der Waals surface area contributed by atoms with Crippen molar-refractivity contribution in [1.29, 1.82) is 0 Å². The Hall–Kier alpha value is -2.30. The molecule has 0 aliphatic rings. The first-order valence-corrected chi connectivity index (χ1v) is 7.36. The second-order valence-electron chi connectivity index (χ2n) is 5.14. The molecule has 5 heteroatoms. The van der Waals surface area contributed by atoms with Crippen molar-refractivity contribution in [1.82, 2.24) is 0 Å². The molecule has 0 fully saturated rings. The number of hydrogen-bond donors (Lipinski definition) is 0. The highest BCUT2D eigenvalue weighted by atomic mass is 19.4. The van der Waals surface area contributed by atoms with Gasteiger partial charge in [0.25, 0.3) is 5.78 Å². The number of Topliss-reactive ketones (excluding diaryl/α,β-unsaturated/α-hetero) is 1. The number of rotatable bonds is 6. The normalized spacial score (nSPS) is 11.3. The summed E-state index contributed by atoms with van der Waals surface area (Å²) in [5.41, 5.74) is 0.879. The van der Waals surface area contributed by atoms with E-state index in [0.29, 0.717) is 23.5 Å². The van der Waals surface area contributed by atoms with Gasteiger partial charge in [-0.25, -0.2) is 0 Å². The Labute approximate surface area is 132 Å². The van der Waals surface area contributed by atoms with E-state index < -0.39 is 12.0 Å². The van der Waals surface area contributed by atoms with Crippen LogP contribution in [0.2, 0.25) is 0 Å². The van der Waals surface area contributed by atoms with Gasteiger partial charge in [-0.3, -0.25) is 4.79 Å². The van der Waals surface area contributed by atoms with E-state index in [9.17, 15) is 18.0 Å². The molecule has 23 heavy (non-hydrogen) atoms. The minimum absolute atomic E-state index is 0.368. The van der Waals surface area contributed by atoms with Crippen LogP contribution < -0.4 is 4.74 Å². The van der Waals surface area contributed by atoms with Crippen LogP contribution in [0.3, 0.4) is 0 Å². The first-order chi connectivity index (χ1) is 10.9. The number of carbonyl (C=O) groups excluding carboxylic acids is 1. The minimum atomic E-state index is -4.87. The third kappa shape index (κ3) is 4.58. The predicted molar refractivity (Wildman–Crippen MR) is 82.7 cm³/mol. The highest BCUT2D eigenvalue weighted by Gasteiger charge is 2.39. The molecule has 0 amide bonds. The molecule has 122 valence electrons. The summed E-state index contributed by atoms with van der Waals surface area (Å²) in [5.74, 6) is -1.18. The number of benzene rings is 2. The van der Waals surface area contributed by atoms with Gasteiger partial charge in [-0.1, -0.05) is 43.7 Å². The van der Waals surface area contributed by atoms with Crippen molar-refractivity contribution in [2.75, 3.05) is 6.61 Å². The highest BCUT2D eigenvalue weighted by Crippen LogP contribution is 2.27. The zero-order valence-electron chi connectivity index (χ0n) is 12.7. The van der Waals surface area contributed by atoms with Crippen LogP contribution in [0.5, 0.6) is 5.75 Å². The fourth-order valence-corrected chi connectivity index (χ4v) is 2.10. The van der Waals surface area contributed by atoms with E-state index in [1.54, 1.807) is 30.3 Å². The molecule has 0 saturated carbocycles. The van der Waals surface area contributed by atoms with Gasteiger partial charge in [0, 0.05) is 5.56 Å². The summed E-state index contributed by atoms with van der Waals surface area (Å²) in [7, 11) is 0. The monoisotopic (exact) mass is 322 g/mol. The summed E-state index contributed by atoms with van der Waals surface area (Å²) >= 11 is 0. The Morgan fingerprint density at radius 1 is 1.04 bits per heavy atom. The van der Waals surface area contributed by atoms with Crippen molar-refractivity contribution >= 4 is 5.78 Å². The highest BCUT2D eigenvalue weighted by molar-refractivity contribution is 6.01. The van der Waals surface area contributed by atoms with Crippen molar-refractivity contribution < 1.29 is 22.7 Å². The van der Waals surface area contributed by atoms with Gasteiger partial charge in [0.1, 0.15) is 5.75 Å². The summed E-state index contributed by atoms with van der Waals surface area (Å²) in [6, 6.07) is 12.6. The molecule has 0 spiro atoms. The molecule has 0 aliphatic carbocycles. The molecular weight excluding hydrogens is 305 g/mol. The van der Waals surface area contributed by atoms with Crippen LogP contribution in [-0.4, -0.2) is 18.6 Å². The summed E-state index contributed by atoms with van der Waals surface area (Å²) in [6.07, 6.45) is -2.93. The summed E-state index contributed by atoms with van der Waals surface area (Å²) < 4.78 is 43.2. The maximum atomic E-state index is 12.5. The third-order valence-electron chi connectivity index (χ3n) is 3.32. The third-order valence-corrected chi connectivity index (χ3v) is 3.32. The smallest absolute Gasteiger partial charge is 0.454 e. The van der Waals surface area contributed by atoms with Crippen molar-refractivity contribution in [2.24, 2.45) is 0 Å². The minimum Gasteiger partial charge on any atom is -0.494 e. The topological polar surface area (TPSA) is 26.3 Å². The van der Waals surface area contributed by atoms with Gasteiger partial charge in [0.2, 0.25) is 0 Å². The second kappa shape index (κ2) is 7.31. The molecule has 2 nitrogen and oxygen atoms in total. The van der Waals surface area contributed by atoms with E-state index >= 15 is 0 Å². The van der Waals surface area contributed by atoms with E-state index in [2.05, 4.69) is 6.92 Å². The number of carbonyl (C=O) groups is 1. The van der Waals surface area contributed by atoms with Crippen molar-refractivity contribution in [2.45, 2.75) is 25.9 Å². The molecule has 0 atom stereocenters. The number of halogens is 3. The summed E-state index contributed by atoms with van der Waals surface area (Å²) in [5, 5.41) is 0. The zero-order chi connectivity index (χ0) is 16.9. The summed E-state index contributed by atoms with van der Waals surface area (Å²) in [4.78, 5) is 11.3. The molecule has 0 unspecified atom stereocenters. The van der Waals surface area contributed by atoms with Gasteiger partial charge in [-0.05, 0) is 35.7 Å². The van der Waals surface area contributed by atoms with Gasteiger partial charge in [0.15, 0.2) is 0 Å². The molecule has 2 aromatic carbocycles. The molecule has 0 heterocycles. The predicted octanol–water partition coefficient (Wildman–Crippen LogP) is 5.28. The molecule has 0 bridgehead atoms. The van der Waals surface area contributed by atoms with Crippen LogP contribution >= 0.6 is 0 Å². The van der Waals surface area contributed by atoms with Crippen LogP contribution in [0.15, 0.2) is 48.5 Å². The van der Waals surface area contributed by atoms with Gasteiger partial charge < -0.3 is 4.74 Å². The lowest BCUT2D eigenvalue weighted by Gasteiger charge is -2.09. The molecule has 2 rings (SSSR count). The Bertz CT molecular complexity index is 678. The van der Waals surface area contributed by atoms with Crippen molar-refractivity contribution in [3.63, 3.8) is 0 Å². The Kier molecular flexibility index (Phi) is 5.42. The second-order valence-corrected chi connectivity index (χ2v) is 5.14. The maximum absolute atomic E-state index is 12.5.